The van der Waals surface area contributed by atoms with Crippen molar-refractivity contribution in [2.24, 2.45) is 0 Å². The summed E-state index contributed by atoms with van der Waals surface area (Å²) in [5.74, 6) is -0.0531. The Labute approximate surface area is 167 Å². The number of nitrogens with zero attached hydrogens (tertiary/aromatic N) is 6. The van der Waals surface area contributed by atoms with E-state index in [0.717, 1.165) is 12.1 Å². The fourth-order valence-electron chi connectivity index (χ4n) is 3.76. The molecule has 4 aromatic rings. The van der Waals surface area contributed by atoms with Gasteiger partial charge in [0, 0.05) is 17.9 Å². The Balaban J connectivity index is 1.65. The van der Waals surface area contributed by atoms with E-state index in [9.17, 15) is 18.0 Å². The largest absolute Gasteiger partial charge is 0.416 e. The molecule has 0 radical (unpaired) electrons. The summed E-state index contributed by atoms with van der Waals surface area (Å²) in [5, 5.41) is 19.4. The van der Waals surface area contributed by atoms with E-state index in [1.165, 1.54) is 21.6 Å². The summed E-state index contributed by atoms with van der Waals surface area (Å²) in [7, 11) is 0. The molecule has 5 rings (SSSR count). The second kappa shape index (κ2) is 6.37. The van der Waals surface area contributed by atoms with E-state index < -0.39 is 17.7 Å². The molecule has 0 spiro atoms. The molecule has 1 amide bonds. The summed E-state index contributed by atoms with van der Waals surface area (Å²) in [6.45, 7) is 1.75. The minimum Gasteiger partial charge on any atom is -0.310 e. The number of aryl methyl sites for hydroxylation is 1. The summed E-state index contributed by atoms with van der Waals surface area (Å²) < 4.78 is 42.5. The van der Waals surface area contributed by atoms with Gasteiger partial charge in [0.2, 0.25) is 5.91 Å². The molecule has 0 saturated heterocycles. The highest BCUT2D eigenvalue weighted by molar-refractivity contribution is 5.95. The van der Waals surface area contributed by atoms with Gasteiger partial charge in [-0.3, -0.25) is 4.79 Å². The Morgan fingerprint density at radius 1 is 1.17 bits per heavy atom. The molecule has 152 valence electrons. The average Bonchev–Trinajstić information content (AvgIpc) is 3.30. The molecule has 1 unspecified atom stereocenters. The summed E-state index contributed by atoms with van der Waals surface area (Å²) in [5.41, 5.74) is 1.46. The maximum Gasteiger partial charge on any atom is 0.416 e. The molecule has 8 nitrogen and oxygen atoms in total. The van der Waals surface area contributed by atoms with Crippen LogP contribution in [-0.4, -0.2) is 35.5 Å². The van der Waals surface area contributed by atoms with Crippen molar-refractivity contribution in [1.29, 1.82) is 0 Å². The van der Waals surface area contributed by atoms with Gasteiger partial charge in [-0.15, -0.1) is 15.3 Å². The van der Waals surface area contributed by atoms with Gasteiger partial charge < -0.3 is 5.32 Å². The topological polar surface area (TPSA) is 90.0 Å². The van der Waals surface area contributed by atoms with Crippen LogP contribution in [0.5, 0.6) is 0 Å². The highest BCUT2D eigenvalue weighted by Crippen LogP contribution is 2.41. The molecule has 3 aromatic heterocycles. The van der Waals surface area contributed by atoms with Crippen LogP contribution in [0.1, 0.15) is 34.7 Å². The van der Waals surface area contributed by atoms with Crippen molar-refractivity contribution in [3.8, 4) is 5.82 Å². The number of benzene rings is 1. The van der Waals surface area contributed by atoms with Gasteiger partial charge in [-0.2, -0.15) is 27.5 Å². The second-order valence-corrected chi connectivity index (χ2v) is 7.01. The number of carbonyl (C=O) groups is 1. The monoisotopic (exact) mass is 413 g/mol. The maximum absolute atomic E-state index is 13.2. The third kappa shape index (κ3) is 2.90. The maximum atomic E-state index is 13.2. The zero-order valence-electron chi connectivity index (χ0n) is 15.6. The van der Waals surface area contributed by atoms with Crippen LogP contribution < -0.4 is 5.32 Å². The fourth-order valence-corrected chi connectivity index (χ4v) is 3.76. The molecule has 0 bridgehead atoms. The Bertz CT molecular complexity index is 1290. The van der Waals surface area contributed by atoms with Crippen LogP contribution in [0.25, 0.3) is 11.5 Å². The Morgan fingerprint density at radius 2 is 2.00 bits per heavy atom. The normalized spacial score (nSPS) is 16.5. The Morgan fingerprint density at radius 3 is 2.80 bits per heavy atom. The third-order valence-corrected chi connectivity index (χ3v) is 5.08. The molecule has 1 aromatic carbocycles. The van der Waals surface area contributed by atoms with Crippen LogP contribution in [-0.2, 0) is 11.0 Å². The van der Waals surface area contributed by atoms with Crippen molar-refractivity contribution in [3.05, 3.63) is 65.1 Å². The van der Waals surface area contributed by atoms with E-state index in [4.69, 9.17) is 0 Å². The molecule has 0 aliphatic carbocycles. The standard InChI is InChI=1S/C19H14F3N7O/c1-10-17-13(11-3-2-4-12(7-11)19(20,21)22)8-16(30)24-18(17)29(26-10)15-6-5-14-25-23-9-28(14)27-15/h2-7,9,13H,8H2,1H3,(H,24,30). The lowest BCUT2D eigenvalue weighted by molar-refractivity contribution is -0.137. The van der Waals surface area contributed by atoms with Crippen molar-refractivity contribution in [2.75, 3.05) is 5.32 Å². The summed E-state index contributed by atoms with van der Waals surface area (Å²) >= 11 is 0. The number of nitrogens with one attached hydrogen (secondary N) is 1. The van der Waals surface area contributed by atoms with E-state index in [-0.39, 0.29) is 12.3 Å². The number of fused-ring (bicyclic) bond motifs is 2. The van der Waals surface area contributed by atoms with Gasteiger partial charge in [0.15, 0.2) is 11.5 Å². The molecule has 11 heteroatoms. The number of anilines is 1. The van der Waals surface area contributed by atoms with E-state index >= 15 is 0 Å². The van der Waals surface area contributed by atoms with E-state index in [1.54, 1.807) is 25.1 Å². The molecule has 1 N–H and O–H groups in total. The highest BCUT2D eigenvalue weighted by atomic mass is 19.4. The average molecular weight is 413 g/mol. The molecule has 1 aliphatic heterocycles. The fraction of sp³-hybridized carbons (Fsp3) is 0.211. The summed E-state index contributed by atoms with van der Waals surface area (Å²) in [6.07, 6.45) is -3.00. The zero-order valence-corrected chi connectivity index (χ0v) is 15.6. The van der Waals surface area contributed by atoms with E-state index in [0.29, 0.717) is 34.1 Å². The molecular weight excluding hydrogens is 399 g/mol. The third-order valence-electron chi connectivity index (χ3n) is 5.08. The number of amides is 1. The molecule has 30 heavy (non-hydrogen) atoms. The molecule has 0 fully saturated rings. The van der Waals surface area contributed by atoms with E-state index in [2.05, 4.69) is 25.7 Å². The number of hydrogen-bond acceptors (Lipinski definition) is 5. The van der Waals surface area contributed by atoms with Gasteiger partial charge >= 0.3 is 6.18 Å². The zero-order chi connectivity index (χ0) is 21.0. The second-order valence-electron chi connectivity index (χ2n) is 7.01. The van der Waals surface area contributed by atoms with Gasteiger partial charge in [-0.25, -0.2) is 0 Å². The number of carbonyl (C=O) groups excluding carboxylic acids is 1. The van der Waals surface area contributed by atoms with Crippen LogP contribution in [0.3, 0.4) is 0 Å². The Hall–Kier alpha value is -3.76. The van der Waals surface area contributed by atoms with Gasteiger partial charge in [0.05, 0.1) is 11.3 Å². The van der Waals surface area contributed by atoms with Gasteiger partial charge in [0.1, 0.15) is 12.1 Å². The number of aromatic nitrogens is 6. The van der Waals surface area contributed by atoms with Crippen molar-refractivity contribution >= 4 is 17.4 Å². The Kier molecular flexibility index (Phi) is 3.88. The molecule has 1 aliphatic rings. The van der Waals surface area contributed by atoms with Crippen molar-refractivity contribution < 1.29 is 18.0 Å². The first-order valence-electron chi connectivity index (χ1n) is 9.05. The summed E-state index contributed by atoms with van der Waals surface area (Å²) in [6, 6.07) is 8.43. The number of halogens is 3. The smallest absolute Gasteiger partial charge is 0.310 e. The number of hydrogen-bond donors (Lipinski definition) is 1. The van der Waals surface area contributed by atoms with E-state index in [1.807, 2.05) is 0 Å². The predicted molar refractivity (Wildman–Crippen MR) is 99.2 cm³/mol. The lowest BCUT2D eigenvalue weighted by Crippen LogP contribution is -2.25. The first-order valence-corrected chi connectivity index (χ1v) is 9.05. The molecule has 0 saturated carbocycles. The highest BCUT2D eigenvalue weighted by Gasteiger charge is 2.35. The molecule has 1 atom stereocenters. The molecule has 4 heterocycles. The lowest BCUT2D eigenvalue weighted by Gasteiger charge is -2.24. The summed E-state index contributed by atoms with van der Waals surface area (Å²) in [4.78, 5) is 12.4. The van der Waals surface area contributed by atoms with Crippen LogP contribution in [0.2, 0.25) is 0 Å². The van der Waals surface area contributed by atoms with Crippen LogP contribution in [0, 0.1) is 6.92 Å². The van der Waals surface area contributed by atoms with Crippen molar-refractivity contribution in [1.82, 2.24) is 29.6 Å². The minimum absolute atomic E-state index is 0.0265. The SMILES string of the molecule is Cc1nn(-c2ccc3nncn3n2)c2c1C(c1cccc(C(F)(F)F)c1)CC(=O)N2. The first kappa shape index (κ1) is 18.3. The van der Waals surface area contributed by atoms with Crippen molar-refractivity contribution in [3.63, 3.8) is 0 Å². The van der Waals surface area contributed by atoms with Crippen LogP contribution >= 0.6 is 0 Å². The van der Waals surface area contributed by atoms with Crippen LogP contribution in [0.15, 0.2) is 42.7 Å². The predicted octanol–water partition coefficient (Wildman–Crippen LogP) is 3.11. The van der Waals surface area contributed by atoms with Gasteiger partial charge in [-0.05, 0) is 30.7 Å². The van der Waals surface area contributed by atoms with Crippen molar-refractivity contribution in [2.45, 2.75) is 25.4 Å². The number of rotatable bonds is 2. The quantitative estimate of drug-likeness (QED) is 0.545. The minimum atomic E-state index is -4.47. The first-order chi connectivity index (χ1) is 14.3. The number of alkyl halides is 3. The molecular formula is C19H14F3N7O. The lowest BCUT2D eigenvalue weighted by atomic mass is 9.85. The van der Waals surface area contributed by atoms with Gasteiger partial charge in [-0.1, -0.05) is 18.2 Å². The van der Waals surface area contributed by atoms with Gasteiger partial charge in [0.25, 0.3) is 0 Å². The van der Waals surface area contributed by atoms with Crippen LogP contribution in [0.4, 0.5) is 19.0 Å².